The van der Waals surface area contributed by atoms with E-state index in [1.807, 2.05) is 12.1 Å². The van der Waals surface area contributed by atoms with E-state index in [-0.39, 0.29) is 6.04 Å². The quantitative estimate of drug-likeness (QED) is 0.857. The largest absolute Gasteiger partial charge is 0.480 e. The highest BCUT2D eigenvalue weighted by Crippen LogP contribution is 2.40. The molecule has 0 amide bonds. The number of pyridine rings is 1. The number of carbonyl (C=O) groups is 1. The Labute approximate surface area is 127 Å². The lowest BCUT2D eigenvalue weighted by Gasteiger charge is -2.38. The molecule has 20 heavy (non-hydrogen) atoms. The second-order valence-corrected chi connectivity index (χ2v) is 6.57. The number of halogens is 1. The molecule has 1 saturated heterocycles. The third-order valence-electron chi connectivity index (χ3n) is 4.73. The summed E-state index contributed by atoms with van der Waals surface area (Å²) < 4.78 is 0.823. The Bertz CT molecular complexity index is 504. The van der Waals surface area contributed by atoms with E-state index in [2.05, 4.69) is 25.8 Å². The Balaban J connectivity index is 1.81. The molecular formula is C15H19BrN2O2. The lowest BCUT2D eigenvalue weighted by molar-refractivity contribution is -0.143. The molecule has 0 aromatic carbocycles. The molecule has 2 aliphatic rings. The molecule has 2 atom stereocenters. The van der Waals surface area contributed by atoms with E-state index in [4.69, 9.17) is 0 Å². The maximum absolute atomic E-state index is 11.5. The summed E-state index contributed by atoms with van der Waals surface area (Å²) in [5, 5.41) is 9.45. The van der Waals surface area contributed by atoms with Gasteiger partial charge in [-0.05, 0) is 59.2 Å². The minimum atomic E-state index is -0.688. The average molecular weight is 339 g/mol. The first-order valence-electron chi connectivity index (χ1n) is 7.25. The molecule has 4 nitrogen and oxygen atoms in total. The van der Waals surface area contributed by atoms with E-state index in [9.17, 15) is 9.90 Å². The maximum atomic E-state index is 11.5. The van der Waals surface area contributed by atoms with E-state index >= 15 is 0 Å². The van der Waals surface area contributed by atoms with Crippen LogP contribution in [0, 0.1) is 5.92 Å². The second kappa shape index (κ2) is 5.82. The van der Waals surface area contributed by atoms with Crippen LogP contribution in [0.25, 0.3) is 0 Å². The Hall–Kier alpha value is -0.940. The van der Waals surface area contributed by atoms with E-state index < -0.39 is 5.97 Å². The fraction of sp³-hybridized carbons (Fsp3) is 0.600. The van der Waals surface area contributed by atoms with Gasteiger partial charge in [0.15, 0.2) is 0 Å². The van der Waals surface area contributed by atoms with E-state index in [0.717, 1.165) is 23.0 Å². The predicted octanol–water partition coefficient (Wildman–Crippen LogP) is 3.06. The van der Waals surface area contributed by atoms with Crippen molar-refractivity contribution in [3.05, 3.63) is 28.5 Å². The molecule has 0 spiro atoms. The van der Waals surface area contributed by atoms with Crippen LogP contribution in [0.5, 0.6) is 0 Å². The monoisotopic (exact) mass is 338 g/mol. The van der Waals surface area contributed by atoms with Crippen LogP contribution in [-0.2, 0) is 11.3 Å². The zero-order chi connectivity index (χ0) is 14.1. The first-order valence-corrected chi connectivity index (χ1v) is 8.04. The Morgan fingerprint density at radius 2 is 2.20 bits per heavy atom. The molecule has 108 valence electrons. The van der Waals surface area contributed by atoms with Gasteiger partial charge in [-0.15, -0.1) is 0 Å². The van der Waals surface area contributed by atoms with Gasteiger partial charge < -0.3 is 5.11 Å². The minimum Gasteiger partial charge on any atom is -0.480 e. The van der Waals surface area contributed by atoms with Crippen LogP contribution in [0.15, 0.2) is 22.9 Å². The van der Waals surface area contributed by atoms with Crippen molar-refractivity contribution >= 4 is 21.9 Å². The lowest BCUT2D eigenvalue weighted by atomic mass is 9.79. The third-order valence-corrected chi connectivity index (χ3v) is 5.44. The molecule has 2 fully saturated rings. The van der Waals surface area contributed by atoms with Gasteiger partial charge >= 0.3 is 5.97 Å². The number of carboxylic acid groups (broad SMARTS) is 1. The van der Waals surface area contributed by atoms with Crippen LogP contribution in [0.2, 0.25) is 0 Å². The van der Waals surface area contributed by atoms with Gasteiger partial charge in [-0.1, -0.05) is 12.5 Å². The van der Waals surface area contributed by atoms with Crippen molar-refractivity contribution in [2.45, 2.75) is 50.7 Å². The zero-order valence-corrected chi connectivity index (χ0v) is 12.9. The normalized spacial score (nSPS) is 27.4. The molecule has 0 radical (unpaired) electrons. The Kier molecular flexibility index (Phi) is 4.08. The summed E-state index contributed by atoms with van der Waals surface area (Å²) in [5.74, 6) is 0.00151. The van der Waals surface area contributed by atoms with Gasteiger partial charge in [0.05, 0.1) is 0 Å². The summed E-state index contributed by atoms with van der Waals surface area (Å²) in [6.07, 6.45) is 7.33. The fourth-order valence-corrected chi connectivity index (χ4v) is 3.83. The SMILES string of the molecule is O=C(O)C1CCC(C2CCC2)N1Cc1cccnc1Br. The van der Waals surface area contributed by atoms with Crippen molar-refractivity contribution in [2.24, 2.45) is 5.92 Å². The Morgan fingerprint density at radius 3 is 2.80 bits per heavy atom. The third kappa shape index (κ3) is 2.61. The van der Waals surface area contributed by atoms with Crippen LogP contribution >= 0.6 is 15.9 Å². The molecule has 1 aromatic rings. The summed E-state index contributed by atoms with van der Waals surface area (Å²) in [4.78, 5) is 17.9. The van der Waals surface area contributed by atoms with Crippen LogP contribution in [0.3, 0.4) is 0 Å². The number of rotatable bonds is 4. The molecule has 2 heterocycles. The van der Waals surface area contributed by atoms with Gasteiger partial charge in [-0.3, -0.25) is 9.69 Å². The summed E-state index contributed by atoms with van der Waals surface area (Å²) in [7, 11) is 0. The number of hydrogen-bond donors (Lipinski definition) is 1. The molecule has 0 bridgehead atoms. The van der Waals surface area contributed by atoms with Crippen LogP contribution in [0.4, 0.5) is 0 Å². The summed E-state index contributed by atoms with van der Waals surface area (Å²) in [5.41, 5.74) is 1.07. The highest BCUT2D eigenvalue weighted by Gasteiger charge is 2.42. The standard InChI is InChI=1S/C15H19BrN2O2/c16-14-11(5-2-8-17-14)9-18-12(10-3-1-4-10)6-7-13(18)15(19)20/h2,5,8,10,12-13H,1,3-4,6-7,9H2,(H,19,20). The smallest absolute Gasteiger partial charge is 0.320 e. The topological polar surface area (TPSA) is 53.4 Å². The van der Waals surface area contributed by atoms with Gasteiger partial charge in [0.25, 0.3) is 0 Å². The summed E-state index contributed by atoms with van der Waals surface area (Å²) >= 11 is 3.46. The van der Waals surface area contributed by atoms with Gasteiger partial charge in [-0.25, -0.2) is 4.98 Å². The highest BCUT2D eigenvalue weighted by molar-refractivity contribution is 9.10. The minimum absolute atomic E-state index is 0.340. The summed E-state index contributed by atoms with van der Waals surface area (Å²) in [6.45, 7) is 0.673. The highest BCUT2D eigenvalue weighted by atomic mass is 79.9. The van der Waals surface area contributed by atoms with Crippen LogP contribution in [-0.4, -0.2) is 33.0 Å². The molecule has 2 unspecified atom stereocenters. The van der Waals surface area contributed by atoms with Crippen molar-refractivity contribution in [3.63, 3.8) is 0 Å². The average Bonchev–Trinajstić information content (AvgIpc) is 2.74. The van der Waals surface area contributed by atoms with E-state index in [1.54, 1.807) is 6.20 Å². The maximum Gasteiger partial charge on any atom is 0.320 e. The van der Waals surface area contributed by atoms with Crippen molar-refractivity contribution in [3.8, 4) is 0 Å². The van der Waals surface area contributed by atoms with Crippen molar-refractivity contribution in [1.82, 2.24) is 9.88 Å². The number of carboxylic acids is 1. The second-order valence-electron chi connectivity index (χ2n) is 5.82. The molecule has 1 aliphatic carbocycles. The van der Waals surface area contributed by atoms with Gasteiger partial charge in [0.2, 0.25) is 0 Å². The lowest BCUT2D eigenvalue weighted by Crippen LogP contribution is -2.44. The number of hydrogen-bond acceptors (Lipinski definition) is 3. The van der Waals surface area contributed by atoms with Gasteiger partial charge in [-0.2, -0.15) is 0 Å². The van der Waals surface area contributed by atoms with Crippen molar-refractivity contribution < 1.29 is 9.90 Å². The molecule has 3 rings (SSSR count). The zero-order valence-electron chi connectivity index (χ0n) is 11.3. The Morgan fingerprint density at radius 1 is 1.40 bits per heavy atom. The van der Waals surface area contributed by atoms with Gasteiger partial charge in [0, 0.05) is 18.8 Å². The van der Waals surface area contributed by atoms with Crippen molar-refractivity contribution in [1.29, 1.82) is 0 Å². The van der Waals surface area contributed by atoms with Crippen LogP contribution in [0.1, 0.15) is 37.7 Å². The number of likely N-dealkylation sites (tertiary alicyclic amines) is 1. The van der Waals surface area contributed by atoms with Gasteiger partial charge in [0.1, 0.15) is 10.6 Å². The fourth-order valence-electron chi connectivity index (χ4n) is 3.45. The van der Waals surface area contributed by atoms with Crippen LogP contribution < -0.4 is 0 Å². The predicted molar refractivity (Wildman–Crippen MR) is 79.3 cm³/mol. The van der Waals surface area contributed by atoms with Crippen molar-refractivity contribution in [2.75, 3.05) is 0 Å². The first-order chi connectivity index (χ1) is 9.66. The number of aliphatic carboxylic acids is 1. The molecule has 1 N–H and O–H groups in total. The van der Waals surface area contributed by atoms with E-state index in [1.165, 1.54) is 19.3 Å². The molecular weight excluding hydrogens is 320 g/mol. The molecule has 1 aromatic heterocycles. The molecule has 1 aliphatic heterocycles. The number of aromatic nitrogens is 1. The number of nitrogens with zero attached hydrogens (tertiary/aromatic N) is 2. The van der Waals surface area contributed by atoms with E-state index in [0.29, 0.717) is 18.5 Å². The molecule has 1 saturated carbocycles. The molecule has 5 heteroatoms. The summed E-state index contributed by atoms with van der Waals surface area (Å²) in [6, 6.07) is 4.01. The first kappa shape index (κ1) is 14.0.